The molecule has 0 atom stereocenters. The molecular weight excluding hydrogens is 722 g/mol. The molecule has 0 unspecified atom stereocenters. The number of carbonyl (C=O) groups excluding carboxylic acids is 1. The number of aryl methyl sites for hydroxylation is 1. The van der Waals surface area contributed by atoms with Gasteiger partial charge in [0.15, 0.2) is 5.82 Å². The van der Waals surface area contributed by atoms with E-state index in [0.29, 0.717) is 50.3 Å². The molecule has 2 saturated heterocycles. The summed E-state index contributed by atoms with van der Waals surface area (Å²) in [6.07, 6.45) is -0.339. The number of methoxy groups -OCH3 is 1. The number of piperidine rings is 1. The van der Waals surface area contributed by atoms with Crippen molar-refractivity contribution < 1.29 is 35.7 Å². The second kappa shape index (κ2) is 16.7. The summed E-state index contributed by atoms with van der Waals surface area (Å²) in [5.41, 5.74) is 5.21. The second-order valence-corrected chi connectivity index (χ2v) is 15.1. The summed E-state index contributed by atoms with van der Waals surface area (Å²) in [5, 5.41) is 0. The molecule has 2 N–H and O–H groups in total. The molecule has 54 heavy (non-hydrogen) atoms. The van der Waals surface area contributed by atoms with E-state index in [1.165, 1.54) is 35.4 Å². The number of H-pyrrole nitrogens is 1. The van der Waals surface area contributed by atoms with Gasteiger partial charge in [-0.25, -0.2) is 9.97 Å². The molecule has 2 aliphatic rings. The Hall–Kier alpha value is -4.83. The molecule has 0 aliphatic carbocycles. The molecule has 15 heteroatoms. The van der Waals surface area contributed by atoms with Crippen LogP contribution in [-0.4, -0.2) is 94.9 Å². The average molecular weight is 765 g/mol. The molecule has 4 heterocycles. The van der Waals surface area contributed by atoms with Gasteiger partial charge in [-0.2, -0.15) is 21.6 Å². The highest BCUT2D eigenvalue weighted by Gasteiger charge is 2.30. The fourth-order valence-electron chi connectivity index (χ4n) is 6.72. The number of hydrogen-bond acceptors (Lipinski definition) is 8. The van der Waals surface area contributed by atoms with Gasteiger partial charge in [0, 0.05) is 51.5 Å². The summed E-state index contributed by atoms with van der Waals surface area (Å²) >= 11 is 0. The van der Waals surface area contributed by atoms with Gasteiger partial charge in [0.05, 0.1) is 28.6 Å². The number of imidazole rings is 1. The first kappa shape index (κ1) is 38.9. The van der Waals surface area contributed by atoms with Gasteiger partial charge in [-0.15, -0.1) is 0 Å². The Balaban J connectivity index is 0.000000389. The van der Waals surface area contributed by atoms with Gasteiger partial charge in [0.25, 0.3) is 16.0 Å². The minimum Gasteiger partial charge on any atom is -0.481 e. The Morgan fingerprint density at radius 3 is 2.09 bits per heavy atom. The van der Waals surface area contributed by atoms with E-state index in [4.69, 9.17) is 9.29 Å². The first-order chi connectivity index (χ1) is 25.7. The highest BCUT2D eigenvalue weighted by molar-refractivity contribution is 7.85. The minimum atomic E-state index is -4.34. The van der Waals surface area contributed by atoms with Crippen LogP contribution >= 0.6 is 0 Å². The van der Waals surface area contributed by atoms with Crippen molar-refractivity contribution in [1.29, 1.82) is 0 Å². The summed E-state index contributed by atoms with van der Waals surface area (Å²) < 4.78 is 73.2. The summed E-state index contributed by atoms with van der Waals surface area (Å²) in [4.78, 5) is 31.7. The molecule has 0 saturated carbocycles. The molecule has 7 rings (SSSR count). The van der Waals surface area contributed by atoms with Gasteiger partial charge in [0.1, 0.15) is 0 Å². The summed E-state index contributed by atoms with van der Waals surface area (Å²) in [5.74, 6) is 1.29. The van der Waals surface area contributed by atoms with Crippen LogP contribution in [0.3, 0.4) is 0 Å². The Morgan fingerprint density at radius 2 is 1.50 bits per heavy atom. The Morgan fingerprint density at radius 1 is 0.870 bits per heavy atom. The van der Waals surface area contributed by atoms with Crippen LogP contribution in [0, 0.1) is 6.92 Å². The number of nitrogens with zero attached hydrogens (tertiary/aromatic N) is 5. The smallest absolute Gasteiger partial charge is 0.416 e. The maximum absolute atomic E-state index is 13.3. The van der Waals surface area contributed by atoms with E-state index >= 15 is 0 Å². The molecule has 3 aromatic carbocycles. The lowest BCUT2D eigenvalue weighted by molar-refractivity contribution is -0.137. The van der Waals surface area contributed by atoms with Crippen molar-refractivity contribution in [2.75, 3.05) is 46.4 Å². The number of pyridine rings is 1. The zero-order chi connectivity index (χ0) is 38.5. The number of ether oxygens (including phenoxy) is 1. The molecule has 0 bridgehead atoms. The van der Waals surface area contributed by atoms with Crippen molar-refractivity contribution in [3.63, 3.8) is 0 Å². The molecule has 2 aliphatic heterocycles. The number of benzene rings is 3. The maximum atomic E-state index is 13.3. The standard InChI is InChI=1S/C32H35F3N6O2.C7H8O3S/c1-43-29-9-4-23(19-36-29)21-39-12-10-24(11-13-39)25-5-8-27-28(18-25)38-30(37-27)31(42)41-16-14-40(15-17-41)20-22-2-6-26(7-3-22)32(33,34)35;1-6-2-4-7(5-3-6)11(8,9)10/h2-9,18-19,24H,10-17,20-21H2,1H3,(H,37,38);2-5H,1H3,(H,8,9,10). The van der Waals surface area contributed by atoms with Crippen molar-refractivity contribution in [2.24, 2.45) is 0 Å². The molecule has 2 fully saturated rings. The van der Waals surface area contributed by atoms with E-state index in [-0.39, 0.29) is 10.8 Å². The summed E-state index contributed by atoms with van der Waals surface area (Å²) in [6.45, 7) is 7.63. The summed E-state index contributed by atoms with van der Waals surface area (Å²) in [7, 11) is -2.40. The lowest BCUT2D eigenvalue weighted by Gasteiger charge is -2.34. The quantitative estimate of drug-likeness (QED) is 0.169. The lowest BCUT2D eigenvalue weighted by Crippen LogP contribution is -2.48. The zero-order valence-corrected chi connectivity index (χ0v) is 30.9. The first-order valence-electron chi connectivity index (χ1n) is 17.7. The SMILES string of the molecule is COc1ccc(CN2CCC(c3ccc4nc(C(=O)N5CCN(Cc6ccc(C(F)(F)F)cc6)CC5)[nH]c4c3)CC2)cn1.Cc1ccc(S(=O)(=O)O)cc1. The van der Waals surface area contributed by atoms with Crippen LogP contribution in [0.1, 0.15) is 57.2 Å². The Bertz CT molecular complexity index is 2130. The van der Waals surface area contributed by atoms with E-state index in [0.717, 1.165) is 66.8 Å². The lowest BCUT2D eigenvalue weighted by atomic mass is 9.89. The van der Waals surface area contributed by atoms with E-state index in [1.54, 1.807) is 24.1 Å². The highest BCUT2D eigenvalue weighted by atomic mass is 32.2. The number of nitrogens with one attached hydrogen (secondary N) is 1. The van der Waals surface area contributed by atoms with Crippen LogP contribution in [0.5, 0.6) is 5.88 Å². The number of carbonyl (C=O) groups is 1. The number of aromatic nitrogens is 3. The molecule has 0 radical (unpaired) electrons. The van der Waals surface area contributed by atoms with E-state index < -0.39 is 21.9 Å². The van der Waals surface area contributed by atoms with Gasteiger partial charge < -0.3 is 14.6 Å². The molecule has 286 valence electrons. The number of fused-ring (bicyclic) bond motifs is 1. The molecule has 11 nitrogen and oxygen atoms in total. The third kappa shape index (κ3) is 10.0. The number of hydrogen-bond donors (Lipinski definition) is 2. The third-order valence-corrected chi connectivity index (χ3v) is 10.7. The van der Waals surface area contributed by atoms with Crippen molar-refractivity contribution in [3.05, 3.63) is 119 Å². The molecule has 1 amide bonds. The van der Waals surface area contributed by atoms with Crippen LogP contribution in [0.4, 0.5) is 13.2 Å². The normalized spacial score (nSPS) is 16.2. The maximum Gasteiger partial charge on any atom is 0.416 e. The van der Waals surface area contributed by atoms with Crippen LogP contribution in [0.2, 0.25) is 0 Å². The van der Waals surface area contributed by atoms with Gasteiger partial charge in [-0.1, -0.05) is 42.0 Å². The number of amides is 1. The van der Waals surface area contributed by atoms with E-state index in [1.807, 2.05) is 25.3 Å². The zero-order valence-electron chi connectivity index (χ0n) is 30.1. The van der Waals surface area contributed by atoms with Gasteiger partial charge in [-0.3, -0.25) is 19.1 Å². The third-order valence-electron chi connectivity index (χ3n) is 9.85. The van der Waals surface area contributed by atoms with Gasteiger partial charge >= 0.3 is 6.18 Å². The Labute approximate surface area is 312 Å². The molecular formula is C39H43F3N6O5S. The second-order valence-electron chi connectivity index (χ2n) is 13.7. The van der Waals surface area contributed by atoms with Crippen LogP contribution in [0.15, 0.2) is 90.0 Å². The highest BCUT2D eigenvalue weighted by Crippen LogP contribution is 2.31. The van der Waals surface area contributed by atoms with Crippen molar-refractivity contribution in [2.45, 2.75) is 49.8 Å². The van der Waals surface area contributed by atoms with E-state index in [2.05, 4.69) is 43.0 Å². The molecule has 5 aromatic rings. The monoisotopic (exact) mass is 764 g/mol. The number of halogens is 3. The van der Waals surface area contributed by atoms with E-state index in [9.17, 15) is 26.4 Å². The van der Waals surface area contributed by atoms with Gasteiger partial charge in [0.2, 0.25) is 5.88 Å². The number of alkyl halides is 3. The van der Waals surface area contributed by atoms with Crippen LogP contribution in [0.25, 0.3) is 11.0 Å². The predicted molar refractivity (Wildman–Crippen MR) is 198 cm³/mol. The number of likely N-dealkylation sites (tertiary alicyclic amines) is 1. The average Bonchev–Trinajstić information content (AvgIpc) is 3.59. The largest absolute Gasteiger partial charge is 0.481 e. The fourth-order valence-corrected chi connectivity index (χ4v) is 7.20. The topological polar surface area (TPSA) is 132 Å². The summed E-state index contributed by atoms with van der Waals surface area (Å²) in [6, 6.07) is 21.5. The van der Waals surface area contributed by atoms with Crippen molar-refractivity contribution in [1.82, 2.24) is 29.7 Å². The first-order valence-corrected chi connectivity index (χ1v) is 19.1. The fraction of sp³-hybridized carbons (Fsp3) is 0.359. The predicted octanol–water partition coefficient (Wildman–Crippen LogP) is 6.56. The van der Waals surface area contributed by atoms with Crippen LogP contribution < -0.4 is 4.74 Å². The minimum absolute atomic E-state index is 0.0666. The number of rotatable bonds is 8. The van der Waals surface area contributed by atoms with Crippen molar-refractivity contribution in [3.8, 4) is 5.88 Å². The molecule has 0 spiro atoms. The number of aromatic amines is 1. The Kier molecular flexibility index (Phi) is 12.0. The molecule has 2 aromatic heterocycles. The van der Waals surface area contributed by atoms with Gasteiger partial charge in [-0.05, 0) is 91.9 Å². The number of piperazine rings is 1. The van der Waals surface area contributed by atoms with Crippen LogP contribution in [-0.2, 0) is 29.4 Å². The van der Waals surface area contributed by atoms with Crippen molar-refractivity contribution >= 4 is 27.1 Å².